The Morgan fingerprint density at radius 1 is 1.11 bits per heavy atom. The fourth-order valence-corrected chi connectivity index (χ4v) is 4.15. The van der Waals surface area contributed by atoms with Gasteiger partial charge < -0.3 is 9.64 Å². The molecule has 28 heavy (non-hydrogen) atoms. The van der Waals surface area contributed by atoms with Crippen molar-refractivity contribution < 1.29 is 18.7 Å². The molecule has 0 N–H and O–H groups in total. The zero-order valence-corrected chi connectivity index (χ0v) is 15.9. The molecule has 1 amide bonds. The van der Waals surface area contributed by atoms with Gasteiger partial charge in [-0.2, -0.15) is 0 Å². The van der Waals surface area contributed by atoms with Crippen molar-refractivity contribution >= 4 is 38.9 Å². The van der Waals surface area contributed by atoms with Crippen molar-refractivity contribution in [2.75, 3.05) is 19.7 Å². The molecule has 0 aliphatic carbocycles. The number of benzene rings is 2. The number of carbonyl (C=O) groups is 2. The summed E-state index contributed by atoms with van der Waals surface area (Å²) in [6.07, 6.45) is 2.81. The molecule has 0 saturated heterocycles. The first-order valence-corrected chi connectivity index (χ1v) is 9.80. The third-order valence-corrected chi connectivity index (χ3v) is 5.81. The van der Waals surface area contributed by atoms with Crippen molar-refractivity contribution in [1.29, 1.82) is 0 Å². The van der Waals surface area contributed by atoms with Crippen LogP contribution in [0.3, 0.4) is 0 Å². The highest BCUT2D eigenvalue weighted by atomic mass is 32.1. The quantitative estimate of drug-likeness (QED) is 0.611. The lowest BCUT2D eigenvalue weighted by Gasteiger charge is -2.26. The molecule has 0 atom stereocenters. The molecule has 0 spiro atoms. The van der Waals surface area contributed by atoms with Crippen LogP contribution in [-0.2, 0) is 9.53 Å². The van der Waals surface area contributed by atoms with E-state index in [2.05, 4.69) is 12.1 Å². The summed E-state index contributed by atoms with van der Waals surface area (Å²) in [5.41, 5.74) is 2.39. The van der Waals surface area contributed by atoms with Crippen LogP contribution in [0.25, 0.3) is 15.7 Å². The van der Waals surface area contributed by atoms with Crippen molar-refractivity contribution in [3.8, 4) is 0 Å². The fraction of sp³-hybridized carbons (Fsp3) is 0.182. The molecule has 4 rings (SSSR count). The van der Waals surface area contributed by atoms with Gasteiger partial charge in [0.1, 0.15) is 10.7 Å². The van der Waals surface area contributed by atoms with E-state index in [1.165, 1.54) is 34.6 Å². The number of nitrogens with zero attached hydrogens (tertiary/aromatic N) is 1. The summed E-state index contributed by atoms with van der Waals surface area (Å²) in [7, 11) is 0. The molecule has 1 aromatic heterocycles. The van der Waals surface area contributed by atoms with Gasteiger partial charge in [0.25, 0.3) is 5.91 Å². The summed E-state index contributed by atoms with van der Waals surface area (Å²) in [5, 5.41) is 0.651. The van der Waals surface area contributed by atoms with E-state index in [-0.39, 0.29) is 18.3 Å². The molecule has 0 radical (unpaired) electrons. The third-order valence-electron chi connectivity index (χ3n) is 4.71. The minimum absolute atomic E-state index is 0.219. The molecule has 4 nitrogen and oxygen atoms in total. The van der Waals surface area contributed by atoms with Crippen LogP contribution in [0.4, 0.5) is 4.39 Å². The van der Waals surface area contributed by atoms with Crippen molar-refractivity contribution in [3.05, 3.63) is 76.9 Å². The number of ether oxygens (including phenoxy) is 1. The predicted molar refractivity (Wildman–Crippen MR) is 108 cm³/mol. The number of hydrogen-bond donors (Lipinski definition) is 0. The van der Waals surface area contributed by atoms with Gasteiger partial charge in [0.15, 0.2) is 6.61 Å². The number of rotatable bonds is 4. The summed E-state index contributed by atoms with van der Waals surface area (Å²) < 4.78 is 19.3. The van der Waals surface area contributed by atoms with Crippen LogP contribution in [-0.4, -0.2) is 36.5 Å². The van der Waals surface area contributed by atoms with Crippen LogP contribution >= 0.6 is 11.3 Å². The second-order valence-electron chi connectivity index (χ2n) is 6.55. The van der Waals surface area contributed by atoms with E-state index in [0.29, 0.717) is 23.4 Å². The molecule has 2 heterocycles. The molecule has 0 fully saturated rings. The normalized spacial score (nSPS) is 14.0. The minimum Gasteiger partial charge on any atom is -0.451 e. The van der Waals surface area contributed by atoms with E-state index in [0.717, 1.165) is 11.1 Å². The molecule has 1 aliphatic rings. The molecule has 0 unspecified atom stereocenters. The van der Waals surface area contributed by atoms with Gasteiger partial charge >= 0.3 is 5.97 Å². The molecular formula is C22H18FNO3S. The van der Waals surface area contributed by atoms with Crippen molar-refractivity contribution in [2.45, 2.75) is 6.42 Å². The number of halogens is 1. The third kappa shape index (κ3) is 3.97. The summed E-state index contributed by atoms with van der Waals surface area (Å²) >= 11 is 1.22. The highest BCUT2D eigenvalue weighted by molar-refractivity contribution is 7.20. The molecule has 6 heteroatoms. The van der Waals surface area contributed by atoms with E-state index in [4.69, 9.17) is 4.74 Å². The average molecular weight is 395 g/mol. The van der Waals surface area contributed by atoms with Crippen molar-refractivity contribution in [2.24, 2.45) is 0 Å². The van der Waals surface area contributed by atoms with Gasteiger partial charge in [-0.3, -0.25) is 4.79 Å². The van der Waals surface area contributed by atoms with E-state index in [1.54, 1.807) is 17.0 Å². The van der Waals surface area contributed by atoms with Crippen LogP contribution in [0, 0.1) is 5.82 Å². The number of fused-ring (bicyclic) bond motifs is 1. The lowest BCUT2D eigenvalue weighted by molar-refractivity contribution is -0.134. The Hall–Kier alpha value is -2.99. The van der Waals surface area contributed by atoms with Crippen LogP contribution in [0.2, 0.25) is 0 Å². The Labute approximate surface area is 165 Å². The number of hydrogen-bond acceptors (Lipinski definition) is 4. The Morgan fingerprint density at radius 3 is 2.68 bits per heavy atom. The topological polar surface area (TPSA) is 46.6 Å². The SMILES string of the molecule is O=C(OCC(=O)N1CC=C(c2ccccc2)CC1)c1cc2cc(F)ccc2s1. The standard InChI is InChI=1S/C22H18FNO3S/c23-18-6-7-19-17(12-18)13-20(28-19)22(26)27-14-21(25)24-10-8-16(9-11-24)15-4-2-1-3-5-15/h1-8,12-13H,9-11,14H2. The first-order chi connectivity index (χ1) is 13.6. The fourth-order valence-electron chi connectivity index (χ4n) is 3.21. The monoisotopic (exact) mass is 395 g/mol. The first kappa shape index (κ1) is 18.4. The zero-order valence-electron chi connectivity index (χ0n) is 15.1. The van der Waals surface area contributed by atoms with Gasteiger partial charge in [0, 0.05) is 17.8 Å². The smallest absolute Gasteiger partial charge is 0.348 e. The lowest BCUT2D eigenvalue weighted by atomic mass is 10.00. The number of amides is 1. The molecule has 1 aliphatic heterocycles. The first-order valence-electron chi connectivity index (χ1n) is 8.98. The van der Waals surface area contributed by atoms with Gasteiger partial charge in [0.2, 0.25) is 0 Å². The average Bonchev–Trinajstić information content (AvgIpc) is 3.16. The van der Waals surface area contributed by atoms with Gasteiger partial charge in [-0.25, -0.2) is 9.18 Å². The predicted octanol–water partition coefficient (Wildman–Crippen LogP) is 4.51. The van der Waals surface area contributed by atoms with Crippen LogP contribution in [0.5, 0.6) is 0 Å². The number of esters is 1. The Kier molecular flexibility index (Phi) is 5.21. The molecule has 3 aromatic rings. The van der Waals surface area contributed by atoms with Crippen LogP contribution in [0.1, 0.15) is 21.7 Å². The van der Waals surface area contributed by atoms with E-state index < -0.39 is 5.97 Å². The highest BCUT2D eigenvalue weighted by Gasteiger charge is 2.20. The number of thiophene rings is 1. The largest absolute Gasteiger partial charge is 0.451 e. The van der Waals surface area contributed by atoms with E-state index >= 15 is 0 Å². The summed E-state index contributed by atoms with van der Waals surface area (Å²) in [6, 6.07) is 16.0. The van der Waals surface area contributed by atoms with E-state index in [9.17, 15) is 14.0 Å². The van der Waals surface area contributed by atoms with Crippen LogP contribution < -0.4 is 0 Å². The van der Waals surface area contributed by atoms with E-state index in [1.807, 2.05) is 24.3 Å². The van der Waals surface area contributed by atoms with Gasteiger partial charge in [-0.1, -0.05) is 36.4 Å². The second-order valence-corrected chi connectivity index (χ2v) is 7.64. The molecule has 0 saturated carbocycles. The maximum absolute atomic E-state index is 13.3. The lowest BCUT2D eigenvalue weighted by Crippen LogP contribution is -2.37. The Bertz CT molecular complexity index is 1060. The summed E-state index contributed by atoms with van der Waals surface area (Å²) in [4.78, 5) is 26.6. The Morgan fingerprint density at radius 2 is 1.93 bits per heavy atom. The van der Waals surface area contributed by atoms with Gasteiger partial charge in [-0.15, -0.1) is 11.3 Å². The minimum atomic E-state index is -0.563. The van der Waals surface area contributed by atoms with Crippen molar-refractivity contribution in [3.63, 3.8) is 0 Å². The maximum atomic E-state index is 13.3. The maximum Gasteiger partial charge on any atom is 0.348 e. The van der Waals surface area contributed by atoms with Gasteiger partial charge in [-0.05, 0) is 47.2 Å². The molecule has 2 aromatic carbocycles. The molecule has 142 valence electrons. The molecule has 0 bridgehead atoms. The van der Waals surface area contributed by atoms with Gasteiger partial charge in [0.05, 0.1) is 0 Å². The molecular weight excluding hydrogens is 377 g/mol. The van der Waals surface area contributed by atoms with Crippen LogP contribution in [0.15, 0.2) is 60.7 Å². The summed E-state index contributed by atoms with van der Waals surface area (Å²) in [6.45, 7) is 0.804. The zero-order chi connectivity index (χ0) is 19.5. The Balaban J connectivity index is 1.34. The summed E-state index contributed by atoms with van der Waals surface area (Å²) in [5.74, 6) is -1.13. The number of carbonyl (C=O) groups excluding carboxylic acids is 2. The van der Waals surface area contributed by atoms with Crippen molar-refractivity contribution in [1.82, 2.24) is 4.90 Å². The highest BCUT2D eigenvalue weighted by Crippen LogP contribution is 2.27. The second kappa shape index (κ2) is 7.94.